The van der Waals surface area contributed by atoms with Crippen LogP contribution in [0.5, 0.6) is 0 Å². The number of nitrogens with zero attached hydrogens (tertiary/aromatic N) is 2. The van der Waals surface area contributed by atoms with E-state index in [0.29, 0.717) is 5.82 Å². The number of benzene rings is 1. The van der Waals surface area contributed by atoms with E-state index in [1.165, 1.54) is 18.2 Å². The second kappa shape index (κ2) is 7.25. The van der Waals surface area contributed by atoms with Crippen LogP contribution < -0.4 is 10.6 Å². The number of carbonyl (C=O) groups is 1. The first-order valence-corrected chi connectivity index (χ1v) is 6.55. The summed E-state index contributed by atoms with van der Waals surface area (Å²) in [5.41, 5.74) is -0.778. The minimum absolute atomic E-state index is 0.0886. The third-order valence-corrected chi connectivity index (χ3v) is 2.87. The lowest BCUT2D eigenvalue weighted by atomic mass is 10.2. The maximum absolute atomic E-state index is 13.4. The Bertz CT molecular complexity index is 702. The molecule has 0 saturated carbocycles. The zero-order chi connectivity index (χ0) is 16.8. The Kier molecular flexibility index (Phi) is 5.13. The minimum Gasteiger partial charge on any atom is -0.368 e. The molecule has 1 amide bonds. The van der Waals surface area contributed by atoms with Gasteiger partial charge in [-0.3, -0.25) is 14.9 Å². The third kappa shape index (κ3) is 4.19. The van der Waals surface area contributed by atoms with E-state index in [-0.39, 0.29) is 18.8 Å². The van der Waals surface area contributed by atoms with Crippen LogP contribution in [-0.2, 0) is 0 Å². The molecule has 0 bridgehead atoms. The molecular formula is C14H12F2N4O3. The van der Waals surface area contributed by atoms with E-state index in [4.69, 9.17) is 0 Å². The SMILES string of the molecule is O=C(NCCNc1ccc([N+](=O)[O-])cn1)c1c(F)cccc1F. The summed E-state index contributed by atoms with van der Waals surface area (Å²) in [6.07, 6.45) is 1.09. The molecular weight excluding hydrogens is 310 g/mol. The number of carbonyl (C=O) groups excluding carboxylic acids is 1. The van der Waals surface area contributed by atoms with E-state index in [9.17, 15) is 23.7 Å². The summed E-state index contributed by atoms with van der Waals surface area (Å²) in [4.78, 5) is 25.4. The summed E-state index contributed by atoms with van der Waals surface area (Å²) < 4.78 is 26.8. The highest BCUT2D eigenvalue weighted by Gasteiger charge is 2.16. The molecule has 23 heavy (non-hydrogen) atoms. The topological polar surface area (TPSA) is 97.2 Å². The monoisotopic (exact) mass is 322 g/mol. The average molecular weight is 322 g/mol. The summed E-state index contributed by atoms with van der Waals surface area (Å²) in [5, 5.41) is 15.6. The molecule has 7 nitrogen and oxygen atoms in total. The molecule has 0 fully saturated rings. The summed E-state index contributed by atoms with van der Waals surface area (Å²) in [5.74, 6) is -2.36. The number of halogens is 2. The zero-order valence-corrected chi connectivity index (χ0v) is 11.8. The van der Waals surface area contributed by atoms with Crippen LogP contribution >= 0.6 is 0 Å². The minimum atomic E-state index is -0.938. The quantitative estimate of drug-likeness (QED) is 0.482. The van der Waals surface area contributed by atoms with Gasteiger partial charge >= 0.3 is 0 Å². The van der Waals surface area contributed by atoms with Gasteiger partial charge in [-0.15, -0.1) is 0 Å². The van der Waals surface area contributed by atoms with Crippen molar-refractivity contribution in [3.05, 3.63) is 63.8 Å². The standard InChI is InChI=1S/C14H12F2N4O3/c15-10-2-1-3-11(16)13(10)14(21)18-7-6-17-12-5-4-9(8-19-12)20(22)23/h1-5,8H,6-7H2,(H,17,19)(H,18,21). The van der Waals surface area contributed by atoms with Crippen LogP contribution in [0.2, 0.25) is 0 Å². The van der Waals surface area contributed by atoms with E-state index in [0.717, 1.165) is 18.3 Å². The molecule has 0 atom stereocenters. The number of anilines is 1. The average Bonchev–Trinajstić information content (AvgIpc) is 2.52. The van der Waals surface area contributed by atoms with Gasteiger partial charge in [0.15, 0.2) is 0 Å². The van der Waals surface area contributed by atoms with E-state index in [1.807, 2.05) is 0 Å². The highest BCUT2D eigenvalue weighted by atomic mass is 19.1. The summed E-state index contributed by atoms with van der Waals surface area (Å²) in [6, 6.07) is 5.86. The molecule has 1 heterocycles. The van der Waals surface area contributed by atoms with Gasteiger partial charge < -0.3 is 10.6 Å². The van der Waals surface area contributed by atoms with Crippen molar-refractivity contribution in [2.45, 2.75) is 0 Å². The number of hydrogen-bond acceptors (Lipinski definition) is 5. The van der Waals surface area contributed by atoms with Crippen LogP contribution in [0, 0.1) is 21.7 Å². The van der Waals surface area contributed by atoms with Gasteiger partial charge in [-0.1, -0.05) is 6.07 Å². The van der Waals surface area contributed by atoms with E-state index < -0.39 is 28.0 Å². The molecule has 2 rings (SSSR count). The van der Waals surface area contributed by atoms with Gasteiger partial charge in [-0.2, -0.15) is 0 Å². The van der Waals surface area contributed by atoms with Gasteiger partial charge in [0.25, 0.3) is 11.6 Å². The van der Waals surface area contributed by atoms with Crippen molar-refractivity contribution in [3.8, 4) is 0 Å². The van der Waals surface area contributed by atoms with E-state index in [1.54, 1.807) is 0 Å². The Labute approximate surface area is 129 Å². The number of amides is 1. The molecule has 0 saturated heterocycles. The summed E-state index contributed by atoms with van der Waals surface area (Å²) >= 11 is 0. The molecule has 0 radical (unpaired) electrons. The fourth-order valence-electron chi connectivity index (χ4n) is 1.77. The number of nitrogens with one attached hydrogen (secondary N) is 2. The van der Waals surface area contributed by atoms with Crippen molar-refractivity contribution in [2.24, 2.45) is 0 Å². The van der Waals surface area contributed by atoms with Crippen molar-refractivity contribution in [2.75, 3.05) is 18.4 Å². The van der Waals surface area contributed by atoms with Gasteiger partial charge in [0.2, 0.25) is 0 Å². The Hall–Kier alpha value is -3.10. The smallest absolute Gasteiger partial charge is 0.287 e. The Morgan fingerprint density at radius 1 is 1.17 bits per heavy atom. The van der Waals surface area contributed by atoms with Crippen molar-refractivity contribution >= 4 is 17.4 Å². The second-order valence-corrected chi connectivity index (χ2v) is 4.44. The van der Waals surface area contributed by atoms with Crippen molar-refractivity contribution < 1.29 is 18.5 Å². The first-order valence-electron chi connectivity index (χ1n) is 6.55. The van der Waals surface area contributed by atoms with Gasteiger partial charge in [-0.25, -0.2) is 13.8 Å². The molecule has 120 valence electrons. The van der Waals surface area contributed by atoms with E-state index in [2.05, 4.69) is 15.6 Å². The van der Waals surface area contributed by atoms with Crippen LogP contribution in [-0.4, -0.2) is 28.9 Å². The maximum atomic E-state index is 13.4. The normalized spacial score (nSPS) is 10.2. The van der Waals surface area contributed by atoms with Crippen LogP contribution in [0.4, 0.5) is 20.3 Å². The Morgan fingerprint density at radius 3 is 2.43 bits per heavy atom. The van der Waals surface area contributed by atoms with Crippen LogP contribution in [0.3, 0.4) is 0 Å². The molecule has 0 spiro atoms. The molecule has 0 aliphatic rings. The summed E-state index contributed by atoms with van der Waals surface area (Å²) in [7, 11) is 0. The van der Waals surface area contributed by atoms with Crippen LogP contribution in [0.25, 0.3) is 0 Å². The predicted molar refractivity (Wildman–Crippen MR) is 78.1 cm³/mol. The molecule has 1 aromatic carbocycles. The van der Waals surface area contributed by atoms with Crippen molar-refractivity contribution in [3.63, 3.8) is 0 Å². The fourth-order valence-corrected chi connectivity index (χ4v) is 1.77. The van der Waals surface area contributed by atoms with Gasteiger partial charge in [0.05, 0.1) is 4.92 Å². The number of pyridine rings is 1. The largest absolute Gasteiger partial charge is 0.368 e. The third-order valence-electron chi connectivity index (χ3n) is 2.87. The molecule has 0 aliphatic carbocycles. The molecule has 2 N–H and O–H groups in total. The van der Waals surface area contributed by atoms with Gasteiger partial charge in [0.1, 0.15) is 29.2 Å². The number of nitro groups is 1. The number of hydrogen-bond donors (Lipinski definition) is 2. The first-order chi connectivity index (χ1) is 11.0. The molecule has 0 unspecified atom stereocenters. The highest BCUT2D eigenvalue weighted by molar-refractivity contribution is 5.94. The van der Waals surface area contributed by atoms with Crippen molar-refractivity contribution in [1.29, 1.82) is 0 Å². The van der Waals surface area contributed by atoms with Crippen LogP contribution in [0.15, 0.2) is 36.5 Å². The lowest BCUT2D eigenvalue weighted by Gasteiger charge is -2.08. The highest BCUT2D eigenvalue weighted by Crippen LogP contribution is 2.12. The Morgan fingerprint density at radius 2 is 1.87 bits per heavy atom. The van der Waals surface area contributed by atoms with E-state index >= 15 is 0 Å². The van der Waals surface area contributed by atoms with Crippen molar-refractivity contribution in [1.82, 2.24) is 10.3 Å². The maximum Gasteiger partial charge on any atom is 0.287 e. The zero-order valence-electron chi connectivity index (χ0n) is 11.8. The van der Waals surface area contributed by atoms with Crippen LogP contribution in [0.1, 0.15) is 10.4 Å². The lowest BCUT2D eigenvalue weighted by molar-refractivity contribution is -0.385. The predicted octanol–water partition coefficient (Wildman–Crippen LogP) is 2.11. The second-order valence-electron chi connectivity index (χ2n) is 4.44. The molecule has 9 heteroatoms. The fraction of sp³-hybridized carbons (Fsp3) is 0.143. The molecule has 2 aromatic rings. The lowest BCUT2D eigenvalue weighted by Crippen LogP contribution is -2.30. The number of rotatable bonds is 6. The summed E-state index contributed by atoms with van der Waals surface area (Å²) in [6.45, 7) is 0.317. The van der Waals surface area contributed by atoms with Gasteiger partial charge in [0, 0.05) is 19.2 Å². The molecule has 0 aliphatic heterocycles. The molecule has 1 aromatic heterocycles. The van der Waals surface area contributed by atoms with Gasteiger partial charge in [-0.05, 0) is 18.2 Å². The number of aromatic nitrogens is 1. The Balaban J connectivity index is 1.83. The first kappa shape index (κ1) is 16.3.